The Morgan fingerprint density at radius 2 is 1.97 bits per heavy atom. The summed E-state index contributed by atoms with van der Waals surface area (Å²) in [6.07, 6.45) is 6.73. The summed E-state index contributed by atoms with van der Waals surface area (Å²) in [5.74, 6) is -0.342. The summed E-state index contributed by atoms with van der Waals surface area (Å²) in [4.78, 5) is 34.0. The number of aromatic nitrogens is 3. The van der Waals surface area contributed by atoms with E-state index in [1.54, 1.807) is 46.6 Å². The van der Waals surface area contributed by atoms with Crippen LogP contribution in [-0.4, -0.2) is 27.0 Å². The van der Waals surface area contributed by atoms with Crippen LogP contribution in [0.4, 0.5) is 0 Å². The van der Waals surface area contributed by atoms with Gasteiger partial charge in [-0.05, 0) is 43.2 Å². The minimum absolute atomic E-state index is 0.161. The smallest absolute Gasteiger partial charge is 0.263 e. The van der Waals surface area contributed by atoms with Gasteiger partial charge in [0.1, 0.15) is 5.56 Å². The summed E-state index contributed by atoms with van der Waals surface area (Å²) in [6.45, 7) is 2.93. The minimum Gasteiger partial charge on any atom is -0.352 e. The highest BCUT2D eigenvalue weighted by atomic mass is 32.1. The highest BCUT2D eigenvalue weighted by Crippen LogP contribution is 2.21. The Balaban J connectivity index is 1.32. The van der Waals surface area contributed by atoms with E-state index in [0.717, 1.165) is 40.2 Å². The molecule has 0 saturated carbocycles. The topological polar surface area (TPSA) is 76.9 Å². The average Bonchev–Trinajstić information content (AvgIpc) is 3.28. The number of pyridine rings is 2. The molecule has 0 spiro atoms. The molecule has 1 amide bonds. The SMILES string of the molecule is Cc1cccc(Cn2cccc(C(=O)NCCCc3nc(-c4ccncc4)cs3)c2=O)c1. The number of carbonyl (C=O) groups excluding carboxylic acids is 1. The van der Waals surface area contributed by atoms with Gasteiger partial charge in [-0.3, -0.25) is 14.6 Å². The molecule has 0 unspecified atom stereocenters. The van der Waals surface area contributed by atoms with Crippen LogP contribution in [0.15, 0.2) is 77.3 Å². The van der Waals surface area contributed by atoms with Gasteiger partial charge in [-0.15, -0.1) is 11.3 Å². The first-order valence-electron chi connectivity index (χ1n) is 10.5. The molecule has 3 heterocycles. The zero-order chi connectivity index (χ0) is 22.3. The molecular weight excluding hydrogens is 420 g/mol. The number of nitrogens with one attached hydrogen (secondary N) is 1. The maximum Gasteiger partial charge on any atom is 0.263 e. The van der Waals surface area contributed by atoms with Gasteiger partial charge in [0.15, 0.2) is 0 Å². The molecular formula is C25H24N4O2S. The molecule has 0 radical (unpaired) electrons. The molecule has 0 aliphatic carbocycles. The van der Waals surface area contributed by atoms with Crippen molar-refractivity contribution < 1.29 is 4.79 Å². The Bertz CT molecular complexity index is 1260. The lowest BCUT2D eigenvalue weighted by molar-refractivity contribution is 0.0951. The second-order valence-corrected chi connectivity index (χ2v) is 8.51. The molecule has 0 saturated heterocycles. The third kappa shape index (κ3) is 5.36. The largest absolute Gasteiger partial charge is 0.352 e. The fraction of sp³-hybridized carbons (Fsp3) is 0.200. The fourth-order valence-corrected chi connectivity index (χ4v) is 4.31. The molecule has 1 N–H and O–H groups in total. The Hall–Kier alpha value is -3.58. The first kappa shape index (κ1) is 21.6. The quantitative estimate of drug-likeness (QED) is 0.415. The summed E-state index contributed by atoms with van der Waals surface area (Å²) in [7, 11) is 0. The molecule has 4 rings (SSSR count). The van der Waals surface area contributed by atoms with Crippen LogP contribution in [0, 0.1) is 6.92 Å². The normalized spacial score (nSPS) is 10.8. The van der Waals surface area contributed by atoms with Crippen molar-refractivity contribution in [2.24, 2.45) is 0 Å². The van der Waals surface area contributed by atoms with Gasteiger partial charge in [0.2, 0.25) is 0 Å². The van der Waals surface area contributed by atoms with Gasteiger partial charge >= 0.3 is 0 Å². The van der Waals surface area contributed by atoms with Crippen molar-refractivity contribution in [3.63, 3.8) is 0 Å². The minimum atomic E-state index is -0.342. The van der Waals surface area contributed by atoms with E-state index in [4.69, 9.17) is 0 Å². The summed E-state index contributed by atoms with van der Waals surface area (Å²) >= 11 is 1.61. The van der Waals surface area contributed by atoms with Gasteiger partial charge in [0.05, 0.1) is 17.2 Å². The summed E-state index contributed by atoms with van der Waals surface area (Å²) in [5.41, 5.74) is 4.02. The van der Waals surface area contributed by atoms with E-state index in [-0.39, 0.29) is 17.0 Å². The Kier molecular flexibility index (Phi) is 6.87. The van der Waals surface area contributed by atoms with Gasteiger partial charge in [-0.1, -0.05) is 29.8 Å². The van der Waals surface area contributed by atoms with Gasteiger partial charge in [-0.25, -0.2) is 4.98 Å². The summed E-state index contributed by atoms with van der Waals surface area (Å²) in [5, 5.41) is 5.92. The first-order valence-corrected chi connectivity index (χ1v) is 11.4. The third-order valence-electron chi connectivity index (χ3n) is 5.08. The van der Waals surface area contributed by atoms with Gasteiger partial charge in [0.25, 0.3) is 11.5 Å². The lowest BCUT2D eigenvalue weighted by Gasteiger charge is -2.09. The molecule has 7 heteroatoms. The Morgan fingerprint density at radius 3 is 2.78 bits per heavy atom. The Labute approximate surface area is 190 Å². The number of thiazole rings is 1. The number of rotatable bonds is 8. The molecule has 3 aromatic heterocycles. The van der Waals surface area contributed by atoms with Crippen LogP contribution in [0.2, 0.25) is 0 Å². The van der Waals surface area contributed by atoms with Crippen LogP contribution in [0.5, 0.6) is 0 Å². The van der Waals surface area contributed by atoms with E-state index >= 15 is 0 Å². The summed E-state index contributed by atoms with van der Waals surface area (Å²) < 4.78 is 1.57. The molecule has 6 nitrogen and oxygen atoms in total. The van der Waals surface area contributed by atoms with E-state index in [9.17, 15) is 9.59 Å². The molecule has 0 aliphatic rings. The maximum absolute atomic E-state index is 12.8. The van der Waals surface area contributed by atoms with E-state index in [2.05, 4.69) is 15.3 Å². The van der Waals surface area contributed by atoms with E-state index in [1.807, 2.05) is 48.7 Å². The van der Waals surface area contributed by atoms with Crippen LogP contribution in [-0.2, 0) is 13.0 Å². The highest BCUT2D eigenvalue weighted by molar-refractivity contribution is 7.09. The van der Waals surface area contributed by atoms with Crippen molar-refractivity contribution in [1.82, 2.24) is 19.9 Å². The third-order valence-corrected chi connectivity index (χ3v) is 5.99. The number of hydrogen-bond acceptors (Lipinski definition) is 5. The molecule has 4 aromatic rings. The van der Waals surface area contributed by atoms with Crippen molar-refractivity contribution in [3.8, 4) is 11.3 Å². The number of amides is 1. The van der Waals surface area contributed by atoms with Crippen molar-refractivity contribution in [2.45, 2.75) is 26.3 Å². The fourth-order valence-electron chi connectivity index (χ4n) is 3.46. The van der Waals surface area contributed by atoms with Crippen molar-refractivity contribution in [1.29, 1.82) is 0 Å². The standard InChI is InChI=1S/C25H24N4O2S/c1-18-5-2-6-19(15-18)16-29-14-4-7-21(25(29)31)24(30)27-11-3-8-23-28-22(17-32-23)20-9-12-26-13-10-20/h2,4-7,9-10,12-15,17H,3,8,11,16H2,1H3,(H,27,30). The van der Waals surface area contributed by atoms with Crippen molar-refractivity contribution >= 4 is 17.2 Å². The van der Waals surface area contributed by atoms with Crippen molar-refractivity contribution in [2.75, 3.05) is 6.54 Å². The zero-order valence-corrected chi connectivity index (χ0v) is 18.6. The van der Waals surface area contributed by atoms with Crippen LogP contribution < -0.4 is 10.9 Å². The van der Waals surface area contributed by atoms with Crippen LogP contribution in [0.3, 0.4) is 0 Å². The highest BCUT2D eigenvalue weighted by Gasteiger charge is 2.12. The number of carbonyl (C=O) groups is 1. The van der Waals surface area contributed by atoms with Gasteiger partial charge in [0, 0.05) is 42.5 Å². The first-order chi connectivity index (χ1) is 15.6. The monoisotopic (exact) mass is 444 g/mol. The van der Waals surface area contributed by atoms with E-state index in [1.165, 1.54) is 0 Å². The number of hydrogen-bond donors (Lipinski definition) is 1. The lowest BCUT2D eigenvalue weighted by atomic mass is 10.1. The average molecular weight is 445 g/mol. The maximum atomic E-state index is 12.8. The lowest BCUT2D eigenvalue weighted by Crippen LogP contribution is -2.33. The number of nitrogens with zero attached hydrogens (tertiary/aromatic N) is 3. The predicted molar refractivity (Wildman–Crippen MR) is 127 cm³/mol. The Morgan fingerprint density at radius 1 is 1.12 bits per heavy atom. The van der Waals surface area contributed by atoms with Crippen LogP contribution in [0.1, 0.15) is 32.9 Å². The molecule has 1 aromatic carbocycles. The molecule has 0 aliphatic heterocycles. The molecule has 162 valence electrons. The van der Waals surface area contributed by atoms with Gasteiger partial charge in [-0.2, -0.15) is 0 Å². The number of benzene rings is 1. The molecule has 0 bridgehead atoms. The summed E-state index contributed by atoms with van der Waals surface area (Å²) in [6, 6.07) is 15.2. The van der Waals surface area contributed by atoms with Crippen molar-refractivity contribution in [3.05, 3.63) is 105 Å². The van der Waals surface area contributed by atoms with Crippen LogP contribution in [0.25, 0.3) is 11.3 Å². The molecule has 0 atom stereocenters. The predicted octanol–water partition coefficient (Wildman–Crippen LogP) is 4.09. The second kappa shape index (κ2) is 10.2. The van der Waals surface area contributed by atoms with E-state index in [0.29, 0.717) is 13.1 Å². The molecule has 32 heavy (non-hydrogen) atoms. The zero-order valence-electron chi connectivity index (χ0n) is 17.8. The number of aryl methyl sites for hydroxylation is 2. The van der Waals surface area contributed by atoms with E-state index < -0.39 is 0 Å². The second-order valence-electron chi connectivity index (χ2n) is 7.57. The van der Waals surface area contributed by atoms with Crippen LogP contribution >= 0.6 is 11.3 Å². The van der Waals surface area contributed by atoms with Gasteiger partial charge < -0.3 is 9.88 Å². The molecule has 0 fully saturated rings.